The van der Waals surface area contributed by atoms with Crippen LogP contribution in [0.2, 0.25) is 0 Å². The molecule has 2 aromatic rings. The van der Waals surface area contributed by atoms with Crippen molar-refractivity contribution in [3.63, 3.8) is 0 Å². The van der Waals surface area contributed by atoms with Gasteiger partial charge in [0, 0.05) is 31.0 Å². The van der Waals surface area contributed by atoms with Gasteiger partial charge in [-0.05, 0) is 30.2 Å². The third kappa shape index (κ3) is 4.25. The SMILES string of the molecule is CCCNc1cc(NCc2cccc(F)c2)ccn1. The topological polar surface area (TPSA) is 37.0 Å². The maximum atomic E-state index is 13.0. The molecule has 0 aliphatic rings. The van der Waals surface area contributed by atoms with E-state index in [4.69, 9.17) is 0 Å². The van der Waals surface area contributed by atoms with E-state index in [1.165, 1.54) is 12.1 Å². The molecule has 0 spiro atoms. The molecule has 1 aromatic heterocycles. The molecule has 0 atom stereocenters. The first-order valence-corrected chi connectivity index (χ1v) is 6.46. The number of hydrogen-bond donors (Lipinski definition) is 2. The van der Waals surface area contributed by atoms with Crippen LogP contribution in [-0.4, -0.2) is 11.5 Å². The number of halogens is 1. The van der Waals surface area contributed by atoms with E-state index in [0.29, 0.717) is 6.54 Å². The van der Waals surface area contributed by atoms with Crippen LogP contribution >= 0.6 is 0 Å². The molecule has 19 heavy (non-hydrogen) atoms. The second-order valence-electron chi connectivity index (χ2n) is 4.34. The Morgan fingerprint density at radius 3 is 2.84 bits per heavy atom. The molecule has 0 amide bonds. The van der Waals surface area contributed by atoms with Crippen LogP contribution < -0.4 is 10.6 Å². The molecule has 2 rings (SSSR count). The molecular weight excluding hydrogens is 241 g/mol. The van der Waals surface area contributed by atoms with Crippen molar-refractivity contribution >= 4 is 11.5 Å². The van der Waals surface area contributed by atoms with E-state index in [9.17, 15) is 4.39 Å². The molecule has 100 valence electrons. The lowest BCUT2D eigenvalue weighted by atomic mass is 10.2. The van der Waals surface area contributed by atoms with Crippen LogP contribution in [0.3, 0.4) is 0 Å². The lowest BCUT2D eigenvalue weighted by Crippen LogP contribution is -2.04. The third-order valence-electron chi connectivity index (χ3n) is 2.70. The van der Waals surface area contributed by atoms with Gasteiger partial charge in [0.25, 0.3) is 0 Å². The number of nitrogens with one attached hydrogen (secondary N) is 2. The number of rotatable bonds is 6. The minimum absolute atomic E-state index is 0.209. The van der Waals surface area contributed by atoms with Crippen molar-refractivity contribution in [3.8, 4) is 0 Å². The normalized spacial score (nSPS) is 10.2. The highest BCUT2D eigenvalue weighted by Crippen LogP contribution is 2.13. The molecule has 4 heteroatoms. The van der Waals surface area contributed by atoms with Gasteiger partial charge >= 0.3 is 0 Å². The van der Waals surface area contributed by atoms with Crippen LogP contribution in [0.5, 0.6) is 0 Å². The number of pyridine rings is 1. The maximum Gasteiger partial charge on any atom is 0.127 e. The first-order valence-electron chi connectivity index (χ1n) is 6.46. The van der Waals surface area contributed by atoms with Crippen molar-refractivity contribution in [2.24, 2.45) is 0 Å². The van der Waals surface area contributed by atoms with Gasteiger partial charge in [0.1, 0.15) is 11.6 Å². The summed E-state index contributed by atoms with van der Waals surface area (Å²) in [5.74, 6) is 0.644. The van der Waals surface area contributed by atoms with Crippen LogP contribution in [-0.2, 0) is 6.54 Å². The average Bonchev–Trinajstić information content (AvgIpc) is 2.43. The second kappa shape index (κ2) is 6.73. The number of nitrogens with zero attached hydrogens (tertiary/aromatic N) is 1. The van der Waals surface area contributed by atoms with Crippen LogP contribution in [0.4, 0.5) is 15.9 Å². The molecule has 2 N–H and O–H groups in total. The summed E-state index contributed by atoms with van der Waals surface area (Å²) in [6.45, 7) is 3.61. The number of hydrogen-bond acceptors (Lipinski definition) is 3. The summed E-state index contributed by atoms with van der Waals surface area (Å²) in [6.07, 6.45) is 2.81. The van der Waals surface area contributed by atoms with Crippen molar-refractivity contribution in [1.29, 1.82) is 0 Å². The Labute approximate surface area is 112 Å². The van der Waals surface area contributed by atoms with Gasteiger partial charge in [-0.2, -0.15) is 0 Å². The fraction of sp³-hybridized carbons (Fsp3) is 0.267. The van der Waals surface area contributed by atoms with Gasteiger partial charge in [-0.3, -0.25) is 0 Å². The summed E-state index contributed by atoms with van der Waals surface area (Å²) >= 11 is 0. The summed E-state index contributed by atoms with van der Waals surface area (Å²) in [6, 6.07) is 10.4. The Morgan fingerprint density at radius 1 is 1.16 bits per heavy atom. The zero-order chi connectivity index (χ0) is 13.5. The van der Waals surface area contributed by atoms with Gasteiger partial charge < -0.3 is 10.6 Å². The Hall–Kier alpha value is -2.10. The smallest absolute Gasteiger partial charge is 0.127 e. The monoisotopic (exact) mass is 259 g/mol. The predicted octanol–water partition coefficient (Wildman–Crippen LogP) is 3.65. The summed E-state index contributed by atoms with van der Waals surface area (Å²) in [7, 11) is 0. The highest BCUT2D eigenvalue weighted by Gasteiger charge is 1.98. The fourth-order valence-corrected chi connectivity index (χ4v) is 1.74. The molecule has 0 radical (unpaired) electrons. The molecule has 3 nitrogen and oxygen atoms in total. The molecule has 0 saturated carbocycles. The van der Waals surface area contributed by atoms with Gasteiger partial charge in [-0.15, -0.1) is 0 Å². The van der Waals surface area contributed by atoms with Crippen molar-refractivity contribution in [1.82, 2.24) is 4.98 Å². The predicted molar refractivity (Wildman–Crippen MR) is 76.7 cm³/mol. The summed E-state index contributed by atoms with van der Waals surface area (Å²) < 4.78 is 13.0. The Kier molecular flexibility index (Phi) is 4.72. The maximum absolute atomic E-state index is 13.0. The van der Waals surface area contributed by atoms with Gasteiger partial charge in [-0.25, -0.2) is 9.37 Å². The van der Waals surface area contributed by atoms with E-state index < -0.39 is 0 Å². The van der Waals surface area contributed by atoms with Crippen LogP contribution in [0.1, 0.15) is 18.9 Å². The summed E-state index contributed by atoms with van der Waals surface area (Å²) in [4.78, 5) is 4.23. The molecule has 0 fully saturated rings. The van der Waals surface area contributed by atoms with E-state index in [1.54, 1.807) is 12.3 Å². The summed E-state index contributed by atoms with van der Waals surface area (Å²) in [5, 5.41) is 6.49. The summed E-state index contributed by atoms with van der Waals surface area (Å²) in [5.41, 5.74) is 1.89. The van der Waals surface area contributed by atoms with Crippen LogP contribution in [0, 0.1) is 5.82 Å². The molecule has 1 heterocycles. The Morgan fingerprint density at radius 2 is 2.05 bits per heavy atom. The van der Waals surface area contributed by atoms with Crippen LogP contribution in [0.25, 0.3) is 0 Å². The van der Waals surface area contributed by atoms with Gasteiger partial charge in [0.2, 0.25) is 0 Å². The van der Waals surface area contributed by atoms with E-state index >= 15 is 0 Å². The highest BCUT2D eigenvalue weighted by atomic mass is 19.1. The van der Waals surface area contributed by atoms with Crippen molar-refractivity contribution in [3.05, 3.63) is 54.0 Å². The second-order valence-corrected chi connectivity index (χ2v) is 4.34. The van der Waals surface area contributed by atoms with Crippen molar-refractivity contribution in [2.45, 2.75) is 19.9 Å². The molecule has 0 aliphatic carbocycles. The lowest BCUT2D eigenvalue weighted by Gasteiger charge is -2.09. The Balaban J connectivity index is 1.95. The number of anilines is 2. The highest BCUT2D eigenvalue weighted by molar-refractivity contribution is 5.52. The standard InChI is InChI=1S/C15H18FN3/c1-2-7-17-15-10-14(6-8-18-15)19-11-12-4-3-5-13(16)9-12/h3-6,8-10H,2,7,11H2,1H3,(H2,17,18,19). The fourth-order valence-electron chi connectivity index (χ4n) is 1.74. The first kappa shape index (κ1) is 13.3. The van der Waals surface area contributed by atoms with E-state index in [1.807, 2.05) is 18.2 Å². The first-order chi connectivity index (χ1) is 9.28. The van der Waals surface area contributed by atoms with Gasteiger partial charge in [0.15, 0.2) is 0 Å². The molecule has 0 bridgehead atoms. The molecular formula is C15H18FN3. The number of benzene rings is 1. The van der Waals surface area contributed by atoms with E-state index in [2.05, 4.69) is 22.5 Å². The lowest BCUT2D eigenvalue weighted by molar-refractivity contribution is 0.626. The zero-order valence-corrected chi connectivity index (χ0v) is 11.0. The quantitative estimate of drug-likeness (QED) is 0.831. The molecule has 1 aromatic carbocycles. The largest absolute Gasteiger partial charge is 0.381 e. The average molecular weight is 259 g/mol. The Bertz CT molecular complexity index is 528. The van der Waals surface area contributed by atoms with Gasteiger partial charge in [-0.1, -0.05) is 19.1 Å². The minimum atomic E-state index is -0.209. The van der Waals surface area contributed by atoms with Crippen molar-refractivity contribution < 1.29 is 4.39 Å². The molecule has 0 aliphatic heterocycles. The molecule has 0 unspecified atom stereocenters. The zero-order valence-electron chi connectivity index (χ0n) is 11.0. The molecule has 0 saturated heterocycles. The van der Waals surface area contributed by atoms with Crippen LogP contribution in [0.15, 0.2) is 42.6 Å². The minimum Gasteiger partial charge on any atom is -0.381 e. The van der Waals surface area contributed by atoms with E-state index in [0.717, 1.165) is 30.0 Å². The third-order valence-corrected chi connectivity index (χ3v) is 2.70. The van der Waals surface area contributed by atoms with E-state index in [-0.39, 0.29) is 5.82 Å². The van der Waals surface area contributed by atoms with Crippen molar-refractivity contribution in [2.75, 3.05) is 17.2 Å². The number of aromatic nitrogens is 1. The van der Waals surface area contributed by atoms with Gasteiger partial charge in [0.05, 0.1) is 0 Å².